The lowest BCUT2D eigenvalue weighted by Gasteiger charge is -2.10. The van der Waals surface area contributed by atoms with E-state index in [4.69, 9.17) is 0 Å². The van der Waals surface area contributed by atoms with E-state index >= 15 is 0 Å². The van der Waals surface area contributed by atoms with Crippen molar-refractivity contribution in [2.24, 2.45) is 0 Å². The minimum Gasteiger partial charge on any atom is -0.348 e. The number of aromatic nitrogens is 1. The molecule has 3 heteroatoms. The molecule has 3 aromatic rings. The third-order valence-electron chi connectivity index (χ3n) is 4.41. The van der Waals surface area contributed by atoms with Gasteiger partial charge in [-0.2, -0.15) is 22.4 Å². The summed E-state index contributed by atoms with van der Waals surface area (Å²) in [4.78, 5) is 0. The van der Waals surface area contributed by atoms with Crippen molar-refractivity contribution in [1.29, 1.82) is 0 Å². The fraction of sp³-hybridized carbons (Fsp3) is 0.300. The number of hydrogen-bond acceptors (Lipinski definition) is 0. The molecule has 0 N–H and O–H groups in total. The Morgan fingerprint density at radius 1 is 1.00 bits per heavy atom. The Kier molecular flexibility index (Phi) is 5.47. The summed E-state index contributed by atoms with van der Waals surface area (Å²) in [6.45, 7) is 5.46. The topological polar surface area (TPSA) is 4.93 Å². The van der Waals surface area contributed by atoms with Gasteiger partial charge >= 0.3 is 0 Å². The molecular weight excluding hydrogens is 392 g/mol. The molecule has 0 unspecified atom stereocenters. The van der Waals surface area contributed by atoms with Crippen LogP contribution in [0.2, 0.25) is 0 Å². The van der Waals surface area contributed by atoms with Gasteiger partial charge in [0.2, 0.25) is 5.14 Å². The number of fused-ring (bicyclic) bond motifs is 1. The third-order valence-corrected chi connectivity index (χ3v) is 5.13. The smallest absolute Gasteiger partial charge is 0.237 e. The second kappa shape index (κ2) is 7.56. The second-order valence-corrected chi connectivity index (χ2v) is 6.67. The number of aryl methyl sites for hydroxylation is 2. The largest absolute Gasteiger partial charge is 0.348 e. The summed E-state index contributed by atoms with van der Waals surface area (Å²) in [5, 5.41) is 3.49. The molecule has 0 aliphatic rings. The van der Waals surface area contributed by atoms with Crippen LogP contribution < -0.4 is 5.46 Å². The first kappa shape index (κ1) is 16.6. The van der Waals surface area contributed by atoms with Gasteiger partial charge in [0, 0.05) is 18.3 Å². The first-order chi connectivity index (χ1) is 11.2. The van der Waals surface area contributed by atoms with Crippen LogP contribution in [0.5, 0.6) is 0 Å². The Labute approximate surface area is 153 Å². The molecule has 117 valence electrons. The molecule has 0 saturated heterocycles. The van der Waals surface area contributed by atoms with Gasteiger partial charge < -0.3 is 4.57 Å². The Morgan fingerprint density at radius 2 is 1.87 bits per heavy atom. The third kappa shape index (κ3) is 3.65. The lowest BCUT2D eigenvalue weighted by Crippen LogP contribution is -2.09. The first-order valence-electron chi connectivity index (χ1n) is 8.41. The number of hydrogen-bond donors (Lipinski definition) is 0. The Balaban J connectivity index is 2.05. The van der Waals surface area contributed by atoms with Gasteiger partial charge in [-0.1, -0.05) is 49.1 Å². The van der Waals surface area contributed by atoms with Crippen LogP contribution in [0.4, 0.5) is 0 Å². The summed E-state index contributed by atoms with van der Waals surface area (Å²) in [7, 11) is 0. The van der Waals surface area contributed by atoms with Gasteiger partial charge in [-0.3, -0.25) is 0 Å². The van der Waals surface area contributed by atoms with Crippen molar-refractivity contribution in [3.8, 4) is 11.1 Å². The van der Waals surface area contributed by atoms with Gasteiger partial charge in [-0.15, -0.1) is 0 Å². The van der Waals surface area contributed by atoms with E-state index in [0.717, 1.165) is 13.0 Å². The van der Waals surface area contributed by atoms with E-state index in [9.17, 15) is 0 Å². The van der Waals surface area contributed by atoms with Crippen LogP contribution in [0.15, 0.2) is 48.7 Å². The molecule has 1 heterocycles. The average molecular weight is 414 g/mol. The minimum absolute atomic E-state index is 1.01. The van der Waals surface area contributed by atoms with Crippen molar-refractivity contribution in [2.45, 2.75) is 39.7 Å². The molecule has 0 aliphatic carbocycles. The summed E-state index contributed by atoms with van der Waals surface area (Å²) in [6, 6.07) is 16.0. The maximum atomic E-state index is 2.36. The highest BCUT2D eigenvalue weighted by atomic mass is 127. The quantitative estimate of drug-likeness (QED) is 0.379. The van der Waals surface area contributed by atoms with Gasteiger partial charge in [0.25, 0.3) is 0 Å². The van der Waals surface area contributed by atoms with Crippen molar-refractivity contribution in [1.82, 2.24) is 4.57 Å². The van der Waals surface area contributed by atoms with Gasteiger partial charge in [-0.25, -0.2) is 0 Å². The molecular formula is C20H22BIN. The summed E-state index contributed by atoms with van der Waals surface area (Å²) >= 11 is 2.34. The zero-order chi connectivity index (χ0) is 16.2. The molecule has 0 aliphatic heterocycles. The Bertz CT molecular complexity index is 807. The molecule has 1 radical (unpaired) electrons. The zero-order valence-corrected chi connectivity index (χ0v) is 16.0. The van der Waals surface area contributed by atoms with Crippen LogP contribution >= 0.6 is 22.4 Å². The molecule has 0 fully saturated rings. The molecule has 2 aromatic carbocycles. The predicted molar refractivity (Wildman–Crippen MR) is 111 cm³/mol. The van der Waals surface area contributed by atoms with Crippen molar-refractivity contribution in [3.63, 3.8) is 0 Å². The highest BCUT2D eigenvalue weighted by molar-refractivity contribution is 14.1. The fourth-order valence-electron chi connectivity index (χ4n) is 3.11. The Hall–Kier alpha value is -1.23. The molecule has 0 amide bonds. The predicted octanol–water partition coefficient (Wildman–Crippen LogP) is 5.35. The van der Waals surface area contributed by atoms with Crippen LogP contribution in [-0.4, -0.2) is 9.70 Å². The van der Waals surface area contributed by atoms with Crippen molar-refractivity contribution in [3.05, 3.63) is 54.2 Å². The maximum absolute atomic E-state index is 2.36. The zero-order valence-electron chi connectivity index (χ0n) is 13.8. The molecule has 0 saturated carbocycles. The van der Waals surface area contributed by atoms with Crippen LogP contribution in [0.3, 0.4) is 0 Å². The molecule has 23 heavy (non-hydrogen) atoms. The molecule has 1 aromatic heterocycles. The van der Waals surface area contributed by atoms with Crippen molar-refractivity contribution < 1.29 is 0 Å². The van der Waals surface area contributed by atoms with E-state index in [1.165, 1.54) is 45.9 Å². The number of rotatable bonds is 6. The van der Waals surface area contributed by atoms with E-state index in [2.05, 4.69) is 94.6 Å². The molecule has 0 atom stereocenters. The number of benzene rings is 2. The van der Waals surface area contributed by atoms with Gasteiger partial charge in [0.15, 0.2) is 0 Å². The number of halogens is 1. The van der Waals surface area contributed by atoms with Crippen molar-refractivity contribution in [2.75, 3.05) is 0 Å². The van der Waals surface area contributed by atoms with E-state index in [0.29, 0.717) is 0 Å². The fourth-order valence-corrected chi connectivity index (χ4v) is 3.47. The standard InChI is InChI=1S/C20H22BIN/c1-3-5-6-15-11-18(13-19(12-15)21-22)17-8-7-16-9-10-23(4-2)20(16)14-17/h7-14H,3-6H2,1-2H3. The first-order valence-corrected chi connectivity index (χ1v) is 9.66. The molecule has 1 nitrogen and oxygen atoms in total. The van der Waals surface area contributed by atoms with E-state index in [1.807, 2.05) is 0 Å². The molecule has 3 rings (SSSR count). The van der Waals surface area contributed by atoms with Gasteiger partial charge in [-0.05, 0) is 54.0 Å². The van der Waals surface area contributed by atoms with E-state index in [-0.39, 0.29) is 0 Å². The SMILES string of the molecule is CCCCc1cc([B]I)cc(-c2ccc3ccn(CC)c3c2)c1. The molecule has 0 spiro atoms. The lowest BCUT2D eigenvalue weighted by molar-refractivity contribution is 0.795. The molecule has 0 bridgehead atoms. The Morgan fingerprint density at radius 3 is 2.61 bits per heavy atom. The summed E-state index contributed by atoms with van der Waals surface area (Å²) in [5.41, 5.74) is 6.71. The second-order valence-electron chi connectivity index (χ2n) is 6.05. The maximum Gasteiger partial charge on any atom is 0.237 e. The normalized spacial score (nSPS) is 11.1. The van der Waals surface area contributed by atoms with Gasteiger partial charge in [0.05, 0.1) is 0 Å². The van der Waals surface area contributed by atoms with Crippen LogP contribution in [-0.2, 0) is 13.0 Å². The van der Waals surface area contributed by atoms with Crippen LogP contribution in [0.1, 0.15) is 32.3 Å². The monoisotopic (exact) mass is 414 g/mol. The van der Waals surface area contributed by atoms with Crippen LogP contribution in [0.25, 0.3) is 22.0 Å². The number of nitrogens with zero attached hydrogens (tertiary/aromatic N) is 1. The van der Waals surface area contributed by atoms with Crippen molar-refractivity contribution >= 4 is 43.9 Å². The van der Waals surface area contributed by atoms with E-state index < -0.39 is 0 Å². The van der Waals surface area contributed by atoms with E-state index in [1.54, 1.807) is 0 Å². The lowest BCUT2D eigenvalue weighted by atomic mass is 9.88. The van der Waals surface area contributed by atoms with Gasteiger partial charge in [0.1, 0.15) is 0 Å². The minimum atomic E-state index is 1.01. The van der Waals surface area contributed by atoms with Crippen LogP contribution in [0, 0.1) is 0 Å². The number of unbranched alkanes of at least 4 members (excludes halogenated alkanes) is 1. The summed E-state index contributed by atoms with van der Waals surface area (Å²) < 4.78 is 2.31. The average Bonchev–Trinajstić information content (AvgIpc) is 3.01. The summed E-state index contributed by atoms with van der Waals surface area (Å²) in [5.74, 6) is 0. The highest BCUT2D eigenvalue weighted by Crippen LogP contribution is 2.26. The summed E-state index contributed by atoms with van der Waals surface area (Å²) in [6.07, 6.45) is 5.83. The highest BCUT2D eigenvalue weighted by Gasteiger charge is 2.06.